The molecule has 2 aliphatic carbocycles. The molecule has 0 unspecified atom stereocenters. The first-order valence-corrected chi connectivity index (χ1v) is 35.5. The van der Waals surface area contributed by atoms with Gasteiger partial charge in [0.2, 0.25) is 0 Å². The maximum Gasteiger partial charge on any atom is 0.131 e. The van der Waals surface area contributed by atoms with E-state index < -0.39 is 0 Å². The highest BCUT2D eigenvalue weighted by molar-refractivity contribution is 7.24. The van der Waals surface area contributed by atoms with Gasteiger partial charge in [-0.1, -0.05) is 206 Å². The largest absolute Gasteiger partial charge is 0.192 e. The Morgan fingerprint density at radius 1 is 0.321 bits per heavy atom. The molecule has 2 aliphatic rings. The monoisotopic (exact) mass is 1180 g/mol. The van der Waals surface area contributed by atoms with Crippen LogP contribution in [-0.2, 0) is 10.8 Å². The predicted octanol–water partition coefficient (Wildman–Crippen LogP) is 25.0. The van der Waals surface area contributed by atoms with E-state index in [1.165, 1.54) is 207 Å². The van der Waals surface area contributed by atoms with E-state index in [-0.39, 0.29) is 22.0 Å². The molecule has 0 spiro atoms. The molecular weight excluding hydrogens is 1100 g/mol. The molecule has 4 aromatic heterocycles. The Bertz CT molecular complexity index is 3260. The Labute approximate surface area is 520 Å². The van der Waals surface area contributed by atoms with Crippen LogP contribution in [0.15, 0.2) is 108 Å². The van der Waals surface area contributed by atoms with E-state index in [0.29, 0.717) is 0 Å². The van der Waals surface area contributed by atoms with Crippen LogP contribution in [0, 0.1) is 45.3 Å². The van der Waals surface area contributed by atoms with Crippen LogP contribution >= 0.6 is 45.3 Å². The number of fused-ring (bicyclic) bond motifs is 6. The van der Waals surface area contributed by atoms with Crippen molar-refractivity contribution in [1.29, 1.82) is 21.0 Å². The van der Waals surface area contributed by atoms with Crippen molar-refractivity contribution in [3.05, 3.63) is 140 Å². The summed E-state index contributed by atoms with van der Waals surface area (Å²) in [4.78, 5) is 9.14. The Balaban J connectivity index is 1.18. The second kappa shape index (κ2) is 30.8. The highest BCUT2D eigenvalue weighted by Gasteiger charge is 2.48. The number of unbranched alkanes of at least 4 members (excludes halogenated alkanes) is 20. The summed E-state index contributed by atoms with van der Waals surface area (Å²) >= 11 is 6.98. The van der Waals surface area contributed by atoms with Crippen molar-refractivity contribution in [1.82, 2.24) is 0 Å². The number of allylic oxidation sites excluding steroid dienone is 2. The van der Waals surface area contributed by atoms with Gasteiger partial charge in [-0.25, -0.2) is 0 Å². The topological polar surface area (TPSA) is 95.2 Å². The summed E-state index contributed by atoms with van der Waals surface area (Å²) < 4.78 is 0. The smallest absolute Gasteiger partial charge is 0.131 e. The van der Waals surface area contributed by atoms with Crippen LogP contribution in [0.4, 0.5) is 0 Å². The molecule has 0 aliphatic heterocycles. The molecule has 0 saturated heterocycles. The zero-order chi connectivity index (χ0) is 58.7. The molecule has 0 radical (unpaired) electrons. The summed E-state index contributed by atoms with van der Waals surface area (Å²) in [7, 11) is 0. The lowest BCUT2D eigenvalue weighted by Crippen LogP contribution is -2.27. The molecular formula is C76H86N4S4. The van der Waals surface area contributed by atoms with Gasteiger partial charge < -0.3 is 0 Å². The van der Waals surface area contributed by atoms with E-state index in [2.05, 4.69) is 113 Å². The summed E-state index contributed by atoms with van der Waals surface area (Å²) in [5.74, 6) is 0. The van der Waals surface area contributed by atoms with E-state index in [4.69, 9.17) is 0 Å². The van der Waals surface area contributed by atoms with Crippen molar-refractivity contribution in [2.45, 2.75) is 218 Å². The summed E-state index contributed by atoms with van der Waals surface area (Å²) in [5, 5.41) is 37.9. The maximum absolute atomic E-state index is 9.47. The van der Waals surface area contributed by atoms with Gasteiger partial charge in [-0.05, 0) is 166 Å². The lowest BCUT2D eigenvalue weighted by atomic mass is 9.68. The maximum atomic E-state index is 9.47. The summed E-state index contributed by atoms with van der Waals surface area (Å²) in [6.45, 7) is 9.30. The molecule has 0 saturated carbocycles. The zero-order valence-corrected chi connectivity index (χ0v) is 53.9. The van der Waals surface area contributed by atoms with Crippen molar-refractivity contribution in [2.24, 2.45) is 0 Å². The molecule has 8 heteroatoms. The highest BCUT2D eigenvalue weighted by atomic mass is 32.1. The van der Waals surface area contributed by atoms with E-state index in [9.17, 15) is 21.0 Å². The number of hydrogen-bond donors (Lipinski definition) is 0. The first kappa shape index (κ1) is 62.4. The Morgan fingerprint density at radius 3 is 0.940 bits per heavy atom. The molecule has 0 atom stereocenters. The number of benzene rings is 3. The lowest BCUT2D eigenvalue weighted by Gasteiger charge is -2.35. The molecule has 9 rings (SSSR count). The number of nitrogens with zero attached hydrogens (tertiary/aromatic N) is 4. The Kier molecular flexibility index (Phi) is 22.9. The van der Waals surface area contributed by atoms with Gasteiger partial charge in [0.1, 0.15) is 35.4 Å². The van der Waals surface area contributed by atoms with Gasteiger partial charge in [-0.2, -0.15) is 21.0 Å². The van der Waals surface area contributed by atoms with Gasteiger partial charge in [0.05, 0.1) is 0 Å². The molecule has 7 aromatic rings. The minimum Gasteiger partial charge on any atom is -0.192 e. The Hall–Kier alpha value is -6.10. The van der Waals surface area contributed by atoms with E-state index in [0.717, 1.165) is 45.2 Å². The van der Waals surface area contributed by atoms with Gasteiger partial charge in [-0.15, -0.1) is 45.3 Å². The molecule has 0 N–H and O–H groups in total. The number of rotatable bonds is 34. The number of thiophene rings is 4. The fraction of sp³-hybridized carbons (Fsp3) is 0.447. The van der Waals surface area contributed by atoms with Crippen LogP contribution in [0.5, 0.6) is 0 Å². The Morgan fingerprint density at radius 2 is 0.607 bits per heavy atom. The van der Waals surface area contributed by atoms with Crippen molar-refractivity contribution < 1.29 is 0 Å². The van der Waals surface area contributed by atoms with Crippen LogP contribution in [0.2, 0.25) is 0 Å². The van der Waals surface area contributed by atoms with Gasteiger partial charge in [0.25, 0.3) is 0 Å². The minimum absolute atomic E-state index is 0.0982. The van der Waals surface area contributed by atoms with Crippen LogP contribution in [0.25, 0.3) is 74.8 Å². The highest BCUT2D eigenvalue weighted by Crippen LogP contribution is 2.62. The van der Waals surface area contributed by atoms with Crippen LogP contribution < -0.4 is 0 Å². The molecule has 4 heterocycles. The molecule has 0 bridgehead atoms. The molecule has 0 fully saturated rings. The summed E-state index contributed by atoms with van der Waals surface area (Å²) in [5.41, 5.74) is 14.8. The van der Waals surface area contributed by atoms with Gasteiger partial charge in [0.15, 0.2) is 0 Å². The third kappa shape index (κ3) is 14.4. The van der Waals surface area contributed by atoms with Crippen molar-refractivity contribution >= 4 is 57.5 Å². The second-order valence-electron chi connectivity index (χ2n) is 24.0. The predicted molar refractivity (Wildman–Crippen MR) is 363 cm³/mol. The molecule has 3 aromatic carbocycles. The molecule has 434 valence electrons. The molecule has 84 heavy (non-hydrogen) atoms. The minimum atomic E-state index is -0.0982. The van der Waals surface area contributed by atoms with Crippen LogP contribution in [0.3, 0.4) is 0 Å². The SMILES string of the molecule is CCCCCCCCC1(CCCCCCCC)c2cc(-c3ccc(-c4ccc(C=C(C#N)C#N)s4)s3)ccc2-c2cc3c(cc21)-c1ccc(-c2ccc(-c4ccc(C=C(C#N)C#N)s4)s2)cc1C3(CCCCCCCC)CCCCCCCC. The standard InChI is InChI=1S/C76H86N4S4/c1-5-9-13-17-21-25-41-75(42-26-22-18-14-10-6-2)65-47-57(69-37-39-73(83-69)71-35-31-59(81-71)45-55(51-77)52-78)29-33-61(65)63-50-68-64(49-67(63)75)62-34-30-58(70-38-40-74(84-70)72-36-32-60(82-72)46-56(53-79)54-80)48-66(62)76(68,43-27-23-19-15-11-7-3)44-28-24-20-16-12-8-4/h29-40,45-50H,5-28,41-44H2,1-4H3. The van der Waals surface area contributed by atoms with Crippen molar-refractivity contribution in [3.8, 4) is 86.9 Å². The van der Waals surface area contributed by atoms with Crippen molar-refractivity contribution in [2.75, 3.05) is 0 Å². The first-order valence-electron chi connectivity index (χ1n) is 32.2. The van der Waals surface area contributed by atoms with E-state index in [1.54, 1.807) is 57.1 Å². The zero-order valence-electron chi connectivity index (χ0n) is 50.6. The fourth-order valence-electron chi connectivity index (χ4n) is 13.8. The molecule has 0 amide bonds. The number of hydrogen-bond acceptors (Lipinski definition) is 8. The normalized spacial score (nSPS) is 13.0. The van der Waals surface area contributed by atoms with Crippen LogP contribution in [0.1, 0.15) is 239 Å². The summed E-state index contributed by atoms with van der Waals surface area (Å²) in [6, 6.07) is 46.3. The van der Waals surface area contributed by atoms with E-state index >= 15 is 0 Å². The number of nitriles is 4. The van der Waals surface area contributed by atoms with Gasteiger partial charge in [0, 0.05) is 49.8 Å². The van der Waals surface area contributed by atoms with E-state index in [1.807, 2.05) is 59.1 Å². The summed E-state index contributed by atoms with van der Waals surface area (Å²) in [6.07, 6.45) is 38.8. The van der Waals surface area contributed by atoms with Gasteiger partial charge >= 0.3 is 0 Å². The fourth-order valence-corrected chi connectivity index (χ4v) is 17.9. The third-order valence-corrected chi connectivity index (χ3v) is 23.0. The molecule has 4 nitrogen and oxygen atoms in total. The first-order chi connectivity index (χ1) is 41.3. The second-order valence-corrected chi connectivity index (χ2v) is 28.4. The average molecular weight is 1180 g/mol. The van der Waals surface area contributed by atoms with Crippen LogP contribution in [-0.4, -0.2) is 0 Å². The van der Waals surface area contributed by atoms with Crippen molar-refractivity contribution in [3.63, 3.8) is 0 Å². The lowest BCUT2D eigenvalue weighted by molar-refractivity contribution is 0.394. The third-order valence-electron chi connectivity index (χ3n) is 18.2. The van der Waals surface area contributed by atoms with Gasteiger partial charge in [-0.3, -0.25) is 0 Å². The average Bonchev–Trinajstić information content (AvgIpc) is 1.66. The quantitative estimate of drug-likeness (QED) is 0.0297.